The highest BCUT2D eigenvalue weighted by Gasteiger charge is 2.27. The number of benzene rings is 2. The summed E-state index contributed by atoms with van der Waals surface area (Å²) in [5.74, 6) is -6.02. The number of carbonyl (C=O) groups excluding carboxylic acids is 3. The first-order valence-electron chi connectivity index (χ1n) is 8.85. The molecule has 2 aromatic carbocycles. The Morgan fingerprint density at radius 1 is 1.00 bits per heavy atom. The molecule has 1 N–H and O–H groups in total. The van der Waals surface area contributed by atoms with Gasteiger partial charge < -0.3 is 14.8 Å². The number of carbonyl (C=O) groups is 3. The van der Waals surface area contributed by atoms with Crippen LogP contribution in [0.5, 0.6) is 0 Å². The van der Waals surface area contributed by atoms with E-state index in [-0.39, 0.29) is 12.0 Å². The predicted molar refractivity (Wildman–Crippen MR) is 104 cm³/mol. The second-order valence-electron chi connectivity index (χ2n) is 6.24. The number of amides is 1. The number of methoxy groups -OCH3 is 1. The minimum Gasteiger partial charge on any atom is -0.467 e. The molecule has 0 saturated heterocycles. The van der Waals surface area contributed by atoms with Gasteiger partial charge in [0.25, 0.3) is 5.91 Å². The van der Waals surface area contributed by atoms with Crippen LogP contribution in [0.3, 0.4) is 0 Å². The van der Waals surface area contributed by atoms with Crippen LogP contribution in [0.1, 0.15) is 15.9 Å². The lowest BCUT2D eigenvalue weighted by Gasteiger charge is -2.16. The zero-order chi connectivity index (χ0) is 23.0. The fraction of sp³-hybridized carbons (Fsp3) is 0.250. The fourth-order valence-electron chi connectivity index (χ4n) is 2.52. The Balaban J connectivity index is 1.95. The molecule has 31 heavy (non-hydrogen) atoms. The van der Waals surface area contributed by atoms with Crippen LogP contribution in [0.25, 0.3) is 0 Å². The number of alkyl halides is 2. The average Bonchev–Trinajstić information content (AvgIpc) is 2.77. The Hall–Kier alpha value is -3.34. The zero-order valence-corrected chi connectivity index (χ0v) is 17.1. The van der Waals surface area contributed by atoms with Crippen LogP contribution in [0.15, 0.2) is 59.5 Å². The minimum atomic E-state index is -4.79. The Morgan fingerprint density at radius 2 is 1.61 bits per heavy atom. The lowest BCUT2D eigenvalue weighted by Crippen LogP contribution is -2.44. The summed E-state index contributed by atoms with van der Waals surface area (Å²) in [5.41, 5.74) is 0.629. The minimum absolute atomic E-state index is 0.144. The first-order valence-corrected chi connectivity index (χ1v) is 10.4. The van der Waals surface area contributed by atoms with E-state index in [2.05, 4.69) is 10.1 Å². The van der Waals surface area contributed by atoms with Gasteiger partial charge in [0.2, 0.25) is 9.84 Å². The second-order valence-corrected chi connectivity index (χ2v) is 8.16. The number of hydrogen-bond acceptors (Lipinski definition) is 7. The number of nitrogens with one attached hydrogen (secondary N) is 1. The van der Waals surface area contributed by atoms with E-state index in [9.17, 15) is 31.6 Å². The van der Waals surface area contributed by atoms with Crippen molar-refractivity contribution >= 4 is 27.7 Å². The third-order valence-corrected chi connectivity index (χ3v) is 5.49. The van der Waals surface area contributed by atoms with Gasteiger partial charge in [-0.15, -0.1) is 0 Å². The molecule has 0 heterocycles. The van der Waals surface area contributed by atoms with Gasteiger partial charge in [0.05, 0.1) is 17.6 Å². The SMILES string of the molecule is COC(=O)C(Cc1ccccc1)NC(=O)COC(=O)c1ccc(S(=O)(=O)C(F)F)cc1. The van der Waals surface area contributed by atoms with E-state index in [1.807, 2.05) is 0 Å². The average molecular weight is 455 g/mol. The van der Waals surface area contributed by atoms with E-state index in [0.717, 1.165) is 29.8 Å². The summed E-state index contributed by atoms with van der Waals surface area (Å²) in [6.45, 7) is -0.724. The molecule has 0 aliphatic heterocycles. The molecule has 0 radical (unpaired) electrons. The number of ether oxygens (including phenoxy) is 2. The summed E-state index contributed by atoms with van der Waals surface area (Å²) >= 11 is 0. The summed E-state index contributed by atoms with van der Waals surface area (Å²) in [5, 5.41) is 2.41. The fourth-order valence-corrected chi connectivity index (χ4v) is 3.24. The van der Waals surface area contributed by atoms with Crippen molar-refractivity contribution in [2.45, 2.75) is 23.1 Å². The summed E-state index contributed by atoms with van der Waals surface area (Å²) in [4.78, 5) is 35.4. The molecule has 11 heteroatoms. The molecule has 166 valence electrons. The third-order valence-electron chi connectivity index (χ3n) is 4.09. The molecule has 0 aliphatic rings. The lowest BCUT2D eigenvalue weighted by atomic mass is 10.1. The normalized spacial score (nSPS) is 12.1. The predicted octanol–water partition coefficient (Wildman–Crippen LogP) is 1.74. The van der Waals surface area contributed by atoms with E-state index in [0.29, 0.717) is 0 Å². The van der Waals surface area contributed by atoms with Crippen LogP contribution in [0, 0.1) is 0 Å². The molecule has 0 aromatic heterocycles. The first kappa shape index (κ1) is 23.9. The molecule has 0 aliphatic carbocycles. The highest BCUT2D eigenvalue weighted by atomic mass is 32.2. The highest BCUT2D eigenvalue weighted by molar-refractivity contribution is 7.91. The van der Waals surface area contributed by atoms with Crippen molar-refractivity contribution in [1.82, 2.24) is 5.32 Å². The zero-order valence-electron chi connectivity index (χ0n) is 16.3. The van der Waals surface area contributed by atoms with Crippen molar-refractivity contribution in [3.8, 4) is 0 Å². The molecule has 8 nitrogen and oxygen atoms in total. The van der Waals surface area contributed by atoms with Gasteiger partial charge in [-0.05, 0) is 29.8 Å². The molecule has 0 spiro atoms. The Kier molecular flexibility index (Phi) is 8.20. The Bertz CT molecular complexity index is 1030. The number of halogens is 2. The van der Waals surface area contributed by atoms with Crippen LogP contribution < -0.4 is 5.32 Å². The number of rotatable bonds is 9. The van der Waals surface area contributed by atoms with Gasteiger partial charge in [0.1, 0.15) is 6.04 Å². The molecular formula is C20H19F2NO7S. The highest BCUT2D eigenvalue weighted by Crippen LogP contribution is 2.18. The van der Waals surface area contributed by atoms with Crippen LogP contribution >= 0.6 is 0 Å². The van der Waals surface area contributed by atoms with E-state index in [1.165, 1.54) is 7.11 Å². The topological polar surface area (TPSA) is 116 Å². The van der Waals surface area contributed by atoms with E-state index >= 15 is 0 Å². The van der Waals surface area contributed by atoms with Gasteiger partial charge in [0.15, 0.2) is 6.61 Å². The molecule has 2 aromatic rings. The van der Waals surface area contributed by atoms with Crippen molar-refractivity contribution in [2.75, 3.05) is 13.7 Å². The summed E-state index contributed by atoms with van der Waals surface area (Å²) < 4.78 is 57.3. The smallest absolute Gasteiger partial charge is 0.341 e. The van der Waals surface area contributed by atoms with Crippen molar-refractivity contribution < 1.29 is 41.1 Å². The molecule has 2 rings (SSSR count). The molecule has 1 amide bonds. The number of esters is 2. The third kappa shape index (κ3) is 6.57. The van der Waals surface area contributed by atoms with Crippen LogP contribution in [-0.2, 0) is 35.3 Å². The lowest BCUT2D eigenvalue weighted by molar-refractivity contribution is -0.145. The molecule has 0 fully saturated rings. The van der Waals surface area contributed by atoms with Crippen molar-refractivity contribution in [1.29, 1.82) is 0 Å². The van der Waals surface area contributed by atoms with E-state index in [1.54, 1.807) is 30.3 Å². The standard InChI is InChI=1S/C20H19F2NO7S/c1-29-19(26)16(11-13-5-3-2-4-6-13)23-17(24)12-30-18(25)14-7-9-15(10-8-14)31(27,28)20(21)22/h2-10,16,20H,11-12H2,1H3,(H,23,24). The largest absolute Gasteiger partial charge is 0.467 e. The maximum absolute atomic E-state index is 12.5. The molecule has 0 bridgehead atoms. The first-order chi connectivity index (χ1) is 14.6. The van der Waals surface area contributed by atoms with E-state index < -0.39 is 51.0 Å². The summed E-state index contributed by atoms with van der Waals surface area (Å²) in [7, 11) is -3.62. The number of hydrogen-bond donors (Lipinski definition) is 1. The molecule has 1 unspecified atom stereocenters. The van der Waals surface area contributed by atoms with Gasteiger partial charge in [-0.2, -0.15) is 8.78 Å². The van der Waals surface area contributed by atoms with Crippen molar-refractivity contribution in [2.24, 2.45) is 0 Å². The van der Waals surface area contributed by atoms with Crippen LogP contribution in [0.4, 0.5) is 8.78 Å². The monoisotopic (exact) mass is 455 g/mol. The summed E-state index contributed by atoms with van der Waals surface area (Å²) in [6.07, 6.45) is 0.160. The van der Waals surface area contributed by atoms with Crippen molar-refractivity contribution in [3.63, 3.8) is 0 Å². The quantitative estimate of drug-likeness (QED) is 0.573. The van der Waals surface area contributed by atoms with Crippen LogP contribution in [-0.4, -0.2) is 51.8 Å². The maximum atomic E-state index is 12.5. The van der Waals surface area contributed by atoms with Gasteiger partial charge in [0, 0.05) is 6.42 Å². The Morgan fingerprint density at radius 3 is 2.16 bits per heavy atom. The van der Waals surface area contributed by atoms with Crippen molar-refractivity contribution in [3.05, 3.63) is 65.7 Å². The van der Waals surface area contributed by atoms with Gasteiger partial charge >= 0.3 is 17.7 Å². The van der Waals surface area contributed by atoms with Crippen LogP contribution in [0.2, 0.25) is 0 Å². The van der Waals surface area contributed by atoms with E-state index in [4.69, 9.17) is 4.74 Å². The van der Waals surface area contributed by atoms with Gasteiger partial charge in [-0.1, -0.05) is 30.3 Å². The Labute approximate surface area is 177 Å². The maximum Gasteiger partial charge on any atom is 0.341 e. The molecule has 1 atom stereocenters. The summed E-state index contributed by atoms with van der Waals surface area (Å²) in [6, 6.07) is 11.5. The number of sulfone groups is 1. The molecular weight excluding hydrogens is 436 g/mol. The molecule has 0 saturated carbocycles. The van der Waals surface area contributed by atoms with Gasteiger partial charge in [-0.3, -0.25) is 4.79 Å². The second kappa shape index (κ2) is 10.6. The van der Waals surface area contributed by atoms with Gasteiger partial charge in [-0.25, -0.2) is 18.0 Å².